The summed E-state index contributed by atoms with van der Waals surface area (Å²) in [6, 6.07) is 0. The van der Waals surface area contributed by atoms with E-state index in [0.29, 0.717) is 5.57 Å². The Bertz CT molecular complexity index is 231. The maximum atomic E-state index is 10.6. The standard InChI is InChI=1S/C15H28O2/c1-4-6-11-14(5-2)12-9-7-8-10-13(3)15(16)17/h10,14H,4-9,11-12H2,1-3H3,(H,16,17). The van der Waals surface area contributed by atoms with E-state index in [-0.39, 0.29) is 0 Å². The summed E-state index contributed by atoms with van der Waals surface area (Å²) < 4.78 is 0. The molecule has 0 spiro atoms. The van der Waals surface area contributed by atoms with E-state index in [4.69, 9.17) is 5.11 Å². The lowest BCUT2D eigenvalue weighted by atomic mass is 9.93. The van der Waals surface area contributed by atoms with Crippen molar-refractivity contribution in [2.24, 2.45) is 5.92 Å². The number of carbonyl (C=O) groups is 1. The van der Waals surface area contributed by atoms with E-state index >= 15 is 0 Å². The van der Waals surface area contributed by atoms with E-state index < -0.39 is 5.97 Å². The van der Waals surface area contributed by atoms with Gasteiger partial charge >= 0.3 is 5.97 Å². The first-order chi connectivity index (χ1) is 8.11. The lowest BCUT2D eigenvalue weighted by Crippen LogP contribution is -1.99. The predicted molar refractivity (Wildman–Crippen MR) is 73.2 cm³/mol. The smallest absolute Gasteiger partial charge is 0.330 e. The summed E-state index contributed by atoms with van der Waals surface area (Å²) >= 11 is 0. The maximum absolute atomic E-state index is 10.6. The summed E-state index contributed by atoms with van der Waals surface area (Å²) in [5.74, 6) is 0.0823. The highest BCUT2D eigenvalue weighted by molar-refractivity contribution is 5.85. The molecule has 1 unspecified atom stereocenters. The Morgan fingerprint density at radius 3 is 2.35 bits per heavy atom. The Balaban J connectivity index is 3.61. The number of carboxylic acids is 1. The molecule has 0 saturated carbocycles. The Kier molecular flexibility index (Phi) is 9.89. The number of carboxylic acid groups (broad SMARTS) is 1. The second-order valence-corrected chi connectivity index (χ2v) is 4.89. The number of unbranched alkanes of at least 4 members (excludes halogenated alkanes) is 3. The van der Waals surface area contributed by atoms with Crippen LogP contribution in [0.1, 0.15) is 72.1 Å². The monoisotopic (exact) mass is 240 g/mol. The van der Waals surface area contributed by atoms with E-state index in [0.717, 1.165) is 18.8 Å². The number of allylic oxidation sites excluding steroid dienone is 1. The van der Waals surface area contributed by atoms with Crippen LogP contribution >= 0.6 is 0 Å². The summed E-state index contributed by atoms with van der Waals surface area (Å²) in [4.78, 5) is 10.6. The van der Waals surface area contributed by atoms with Crippen molar-refractivity contribution < 1.29 is 9.90 Å². The summed E-state index contributed by atoms with van der Waals surface area (Å²) in [5, 5.41) is 8.69. The van der Waals surface area contributed by atoms with Gasteiger partial charge in [-0.05, 0) is 25.7 Å². The average molecular weight is 240 g/mol. The van der Waals surface area contributed by atoms with Crippen LogP contribution in [0, 0.1) is 5.92 Å². The molecule has 2 heteroatoms. The first-order valence-electron chi connectivity index (χ1n) is 7.01. The van der Waals surface area contributed by atoms with Gasteiger partial charge in [0.05, 0.1) is 0 Å². The quantitative estimate of drug-likeness (QED) is 0.440. The van der Waals surface area contributed by atoms with Crippen molar-refractivity contribution >= 4 is 5.97 Å². The molecule has 0 aromatic carbocycles. The van der Waals surface area contributed by atoms with E-state index in [2.05, 4.69) is 13.8 Å². The van der Waals surface area contributed by atoms with Crippen LogP contribution in [0.15, 0.2) is 11.6 Å². The second-order valence-electron chi connectivity index (χ2n) is 4.89. The van der Waals surface area contributed by atoms with Gasteiger partial charge in [0.25, 0.3) is 0 Å². The first-order valence-corrected chi connectivity index (χ1v) is 7.01. The molecule has 17 heavy (non-hydrogen) atoms. The van der Waals surface area contributed by atoms with Gasteiger partial charge < -0.3 is 5.11 Å². The van der Waals surface area contributed by atoms with Crippen LogP contribution in [-0.2, 0) is 4.79 Å². The fourth-order valence-corrected chi connectivity index (χ4v) is 2.03. The van der Waals surface area contributed by atoms with Crippen molar-refractivity contribution in [1.82, 2.24) is 0 Å². The SMILES string of the molecule is CCCCC(CC)CCCCC=C(C)C(=O)O. The van der Waals surface area contributed by atoms with Gasteiger partial charge in [-0.1, -0.05) is 58.4 Å². The number of hydrogen-bond acceptors (Lipinski definition) is 1. The van der Waals surface area contributed by atoms with Gasteiger partial charge in [0.2, 0.25) is 0 Å². The summed E-state index contributed by atoms with van der Waals surface area (Å²) in [6.45, 7) is 6.18. The zero-order valence-electron chi connectivity index (χ0n) is 11.7. The van der Waals surface area contributed by atoms with Crippen LogP contribution in [0.5, 0.6) is 0 Å². The van der Waals surface area contributed by atoms with Crippen molar-refractivity contribution in [3.05, 3.63) is 11.6 Å². The minimum Gasteiger partial charge on any atom is -0.478 e. The highest BCUT2D eigenvalue weighted by atomic mass is 16.4. The Labute approximate surface area is 106 Å². The van der Waals surface area contributed by atoms with E-state index in [9.17, 15) is 4.79 Å². The molecule has 0 aliphatic carbocycles. The van der Waals surface area contributed by atoms with Crippen LogP contribution in [0.4, 0.5) is 0 Å². The molecule has 0 aliphatic rings. The summed E-state index contributed by atoms with van der Waals surface area (Å²) in [6.07, 6.45) is 11.7. The third-order valence-electron chi connectivity index (χ3n) is 3.40. The second kappa shape index (κ2) is 10.4. The van der Waals surface area contributed by atoms with Crippen LogP contribution in [0.25, 0.3) is 0 Å². The molecule has 0 radical (unpaired) electrons. The largest absolute Gasteiger partial charge is 0.478 e. The highest BCUT2D eigenvalue weighted by Crippen LogP contribution is 2.19. The minimum absolute atomic E-state index is 0.475. The molecule has 0 amide bonds. The zero-order chi connectivity index (χ0) is 13.1. The molecule has 2 nitrogen and oxygen atoms in total. The molecule has 0 aliphatic heterocycles. The minimum atomic E-state index is -0.792. The van der Waals surface area contributed by atoms with E-state index in [1.165, 1.54) is 38.5 Å². The van der Waals surface area contributed by atoms with E-state index in [1.807, 2.05) is 6.08 Å². The summed E-state index contributed by atoms with van der Waals surface area (Å²) in [7, 11) is 0. The third-order valence-corrected chi connectivity index (χ3v) is 3.40. The van der Waals surface area contributed by atoms with E-state index in [1.54, 1.807) is 6.92 Å². The van der Waals surface area contributed by atoms with Gasteiger partial charge in [0, 0.05) is 5.57 Å². The lowest BCUT2D eigenvalue weighted by molar-refractivity contribution is -0.132. The van der Waals surface area contributed by atoms with Crippen LogP contribution < -0.4 is 0 Å². The predicted octanol–water partition coefficient (Wildman–Crippen LogP) is 4.79. The van der Waals surface area contributed by atoms with Crippen molar-refractivity contribution in [3.63, 3.8) is 0 Å². The van der Waals surface area contributed by atoms with Gasteiger partial charge in [0.1, 0.15) is 0 Å². The van der Waals surface area contributed by atoms with Gasteiger partial charge in [0.15, 0.2) is 0 Å². The molecule has 0 fully saturated rings. The molecule has 0 aromatic rings. The van der Waals surface area contributed by atoms with Crippen molar-refractivity contribution in [3.8, 4) is 0 Å². The normalized spacial score (nSPS) is 13.7. The highest BCUT2D eigenvalue weighted by Gasteiger charge is 2.05. The van der Waals surface area contributed by atoms with Gasteiger partial charge in [-0.3, -0.25) is 0 Å². The fraction of sp³-hybridized carbons (Fsp3) is 0.800. The molecule has 0 heterocycles. The molecule has 0 saturated heterocycles. The number of aliphatic carboxylic acids is 1. The molecule has 0 rings (SSSR count). The molecule has 100 valence electrons. The molecular weight excluding hydrogens is 212 g/mol. The summed E-state index contributed by atoms with van der Waals surface area (Å²) in [5.41, 5.74) is 0.475. The maximum Gasteiger partial charge on any atom is 0.330 e. The van der Waals surface area contributed by atoms with Crippen LogP contribution in [0.2, 0.25) is 0 Å². The Hall–Kier alpha value is -0.790. The number of rotatable bonds is 10. The Morgan fingerprint density at radius 1 is 1.18 bits per heavy atom. The van der Waals surface area contributed by atoms with Gasteiger partial charge in [-0.15, -0.1) is 0 Å². The Morgan fingerprint density at radius 2 is 1.82 bits per heavy atom. The van der Waals surface area contributed by atoms with Gasteiger partial charge in [-0.25, -0.2) is 4.79 Å². The van der Waals surface area contributed by atoms with Crippen molar-refractivity contribution in [1.29, 1.82) is 0 Å². The molecule has 0 bridgehead atoms. The molecule has 1 N–H and O–H groups in total. The molecular formula is C15H28O2. The topological polar surface area (TPSA) is 37.3 Å². The van der Waals surface area contributed by atoms with Crippen molar-refractivity contribution in [2.45, 2.75) is 72.1 Å². The molecule has 1 atom stereocenters. The lowest BCUT2D eigenvalue weighted by Gasteiger charge is -2.13. The first kappa shape index (κ1) is 16.2. The fourth-order valence-electron chi connectivity index (χ4n) is 2.03. The average Bonchev–Trinajstić information content (AvgIpc) is 2.32. The van der Waals surface area contributed by atoms with Gasteiger partial charge in [-0.2, -0.15) is 0 Å². The zero-order valence-corrected chi connectivity index (χ0v) is 11.7. The van der Waals surface area contributed by atoms with Crippen molar-refractivity contribution in [2.75, 3.05) is 0 Å². The van der Waals surface area contributed by atoms with Crippen LogP contribution in [0.3, 0.4) is 0 Å². The molecule has 0 aromatic heterocycles. The van der Waals surface area contributed by atoms with Crippen LogP contribution in [-0.4, -0.2) is 11.1 Å². The number of hydrogen-bond donors (Lipinski definition) is 1. The third kappa shape index (κ3) is 8.96.